The van der Waals surface area contributed by atoms with Crippen LogP contribution in [0.15, 0.2) is 28.0 Å². The molecule has 2 heterocycles. The van der Waals surface area contributed by atoms with Crippen LogP contribution in [-0.4, -0.2) is 29.1 Å². The predicted octanol–water partition coefficient (Wildman–Crippen LogP) is 1.57. The molecule has 0 spiro atoms. The lowest BCUT2D eigenvalue weighted by Gasteiger charge is -2.04. The molecular weight excluding hydrogens is 332 g/mol. The van der Waals surface area contributed by atoms with Gasteiger partial charge in [0, 0.05) is 18.4 Å². The Bertz CT molecular complexity index is 727. The molecule has 0 saturated heterocycles. The van der Waals surface area contributed by atoms with E-state index >= 15 is 0 Å². The number of nitrogens with one attached hydrogen (secondary N) is 1. The summed E-state index contributed by atoms with van der Waals surface area (Å²) in [6.45, 7) is 2.06. The first kappa shape index (κ1) is 13.0. The minimum absolute atomic E-state index is 0.0559. The van der Waals surface area contributed by atoms with E-state index in [0.29, 0.717) is 11.6 Å². The third-order valence-corrected chi connectivity index (χ3v) is 5.23. The van der Waals surface area contributed by atoms with Crippen LogP contribution >= 0.6 is 15.9 Å². The quantitative estimate of drug-likeness (QED) is 0.913. The van der Waals surface area contributed by atoms with Crippen molar-refractivity contribution in [2.45, 2.75) is 30.7 Å². The minimum Gasteiger partial charge on any atom is -0.235 e. The van der Waals surface area contributed by atoms with Gasteiger partial charge in [-0.25, -0.2) is 22.6 Å². The number of aromatic nitrogens is 3. The highest BCUT2D eigenvalue weighted by Crippen LogP contribution is 2.34. The summed E-state index contributed by atoms with van der Waals surface area (Å²) < 4.78 is 29.5. The Morgan fingerprint density at radius 2 is 2.32 bits per heavy atom. The lowest BCUT2D eigenvalue weighted by molar-refractivity contribution is 0.576. The number of halogens is 1. The van der Waals surface area contributed by atoms with Crippen molar-refractivity contribution in [1.82, 2.24) is 19.3 Å². The minimum atomic E-state index is -3.55. The molecule has 1 N–H and O–H groups in total. The molecule has 1 saturated carbocycles. The van der Waals surface area contributed by atoms with E-state index in [9.17, 15) is 8.42 Å². The third-order valence-electron chi connectivity index (χ3n) is 3.34. The van der Waals surface area contributed by atoms with Crippen molar-refractivity contribution in [1.29, 1.82) is 0 Å². The fourth-order valence-corrected chi connectivity index (χ4v) is 3.81. The Morgan fingerprint density at radius 1 is 1.53 bits per heavy atom. The summed E-state index contributed by atoms with van der Waals surface area (Å²) in [6.07, 6.45) is 6.47. The van der Waals surface area contributed by atoms with Crippen LogP contribution in [0.25, 0.3) is 5.65 Å². The zero-order valence-electron chi connectivity index (χ0n) is 10.2. The monoisotopic (exact) mass is 344 g/mol. The van der Waals surface area contributed by atoms with Gasteiger partial charge in [-0.3, -0.25) is 0 Å². The van der Waals surface area contributed by atoms with Gasteiger partial charge in [0.15, 0.2) is 5.65 Å². The second kappa shape index (κ2) is 4.53. The van der Waals surface area contributed by atoms with Crippen molar-refractivity contribution in [3.05, 3.63) is 23.1 Å². The molecule has 0 amide bonds. The lowest BCUT2D eigenvalue weighted by Crippen LogP contribution is -2.27. The van der Waals surface area contributed by atoms with E-state index in [0.717, 1.165) is 17.3 Å². The Balaban J connectivity index is 1.95. The summed E-state index contributed by atoms with van der Waals surface area (Å²) in [5, 5.41) is 4.02. The predicted molar refractivity (Wildman–Crippen MR) is 73.2 cm³/mol. The smallest absolute Gasteiger partial charge is 0.235 e. The van der Waals surface area contributed by atoms with Crippen molar-refractivity contribution in [3.8, 4) is 0 Å². The molecule has 1 aliphatic rings. The van der Waals surface area contributed by atoms with Crippen molar-refractivity contribution in [2.75, 3.05) is 0 Å². The van der Waals surface area contributed by atoms with Crippen LogP contribution in [0.3, 0.4) is 0 Å². The Morgan fingerprint density at radius 3 is 3.00 bits per heavy atom. The van der Waals surface area contributed by atoms with Gasteiger partial charge in [0.25, 0.3) is 0 Å². The van der Waals surface area contributed by atoms with Crippen molar-refractivity contribution in [2.24, 2.45) is 5.92 Å². The van der Waals surface area contributed by atoms with Gasteiger partial charge in [0.05, 0.1) is 10.7 Å². The third kappa shape index (κ3) is 2.39. The highest BCUT2D eigenvalue weighted by atomic mass is 79.9. The summed E-state index contributed by atoms with van der Waals surface area (Å²) in [4.78, 5) is 4.23. The average Bonchev–Trinajstić information content (AvgIpc) is 2.95. The van der Waals surface area contributed by atoms with Crippen LogP contribution in [0.5, 0.6) is 0 Å². The standard InChI is InChI=1S/C11H13BrN4O2S/c1-2-7-3-9(7)15-19(17,18)10-5-14-16-6-8(12)4-13-11(10)16/h4-7,9,15H,2-3H2,1H3/t7-,9-/m1/s1. The molecule has 1 fully saturated rings. The molecule has 2 atom stereocenters. The molecule has 2 aromatic rings. The summed E-state index contributed by atoms with van der Waals surface area (Å²) in [7, 11) is -3.55. The topological polar surface area (TPSA) is 76.4 Å². The van der Waals surface area contributed by atoms with E-state index in [-0.39, 0.29) is 10.9 Å². The Labute approximate surface area is 119 Å². The molecular formula is C11H13BrN4O2S. The van der Waals surface area contributed by atoms with E-state index < -0.39 is 10.0 Å². The highest BCUT2D eigenvalue weighted by Gasteiger charge is 2.39. The van der Waals surface area contributed by atoms with Crippen LogP contribution in [0.4, 0.5) is 0 Å². The van der Waals surface area contributed by atoms with Crippen molar-refractivity contribution in [3.63, 3.8) is 0 Å². The maximum atomic E-state index is 12.3. The van der Waals surface area contributed by atoms with Gasteiger partial charge in [-0.2, -0.15) is 5.10 Å². The first-order valence-corrected chi connectivity index (χ1v) is 8.30. The molecule has 0 aromatic carbocycles. The normalized spacial score (nSPS) is 22.8. The molecule has 0 radical (unpaired) electrons. The summed E-state index contributed by atoms with van der Waals surface area (Å²) in [6, 6.07) is 0.0559. The zero-order chi connectivity index (χ0) is 13.6. The SMILES string of the molecule is CC[C@@H]1C[C@H]1NS(=O)(=O)c1cnn2cc(Br)cnc12. The number of hydrogen-bond acceptors (Lipinski definition) is 4. The van der Waals surface area contributed by atoms with Crippen LogP contribution in [-0.2, 0) is 10.0 Å². The first-order valence-electron chi connectivity index (χ1n) is 6.02. The second-order valence-corrected chi connectivity index (χ2v) is 7.28. The summed E-state index contributed by atoms with van der Waals surface area (Å²) >= 11 is 3.27. The summed E-state index contributed by atoms with van der Waals surface area (Å²) in [5.41, 5.74) is 0.337. The molecule has 102 valence electrons. The Kier molecular flexibility index (Phi) is 3.11. The maximum Gasteiger partial charge on any atom is 0.246 e. The van der Waals surface area contributed by atoms with Gasteiger partial charge in [0.2, 0.25) is 10.0 Å². The molecule has 0 aliphatic heterocycles. The van der Waals surface area contributed by atoms with Gasteiger partial charge in [-0.1, -0.05) is 13.3 Å². The molecule has 0 unspecified atom stereocenters. The van der Waals surface area contributed by atoms with E-state index in [4.69, 9.17) is 0 Å². The number of hydrogen-bond donors (Lipinski definition) is 1. The van der Waals surface area contributed by atoms with Gasteiger partial charge in [0.1, 0.15) is 4.90 Å². The Hall–Kier alpha value is -0.990. The zero-order valence-corrected chi connectivity index (χ0v) is 12.6. The maximum absolute atomic E-state index is 12.3. The van der Waals surface area contributed by atoms with Crippen LogP contribution < -0.4 is 4.72 Å². The average molecular weight is 345 g/mol. The number of sulfonamides is 1. The molecule has 6 nitrogen and oxygen atoms in total. The second-order valence-electron chi connectivity index (χ2n) is 4.68. The van der Waals surface area contributed by atoms with Gasteiger partial charge >= 0.3 is 0 Å². The largest absolute Gasteiger partial charge is 0.246 e. The number of rotatable bonds is 4. The van der Waals surface area contributed by atoms with E-state index in [1.54, 1.807) is 12.4 Å². The molecule has 19 heavy (non-hydrogen) atoms. The highest BCUT2D eigenvalue weighted by molar-refractivity contribution is 9.10. The van der Waals surface area contributed by atoms with Crippen LogP contribution in [0, 0.1) is 5.92 Å². The molecule has 1 aliphatic carbocycles. The van der Waals surface area contributed by atoms with E-state index in [1.165, 1.54) is 10.7 Å². The fourth-order valence-electron chi connectivity index (χ4n) is 2.13. The van der Waals surface area contributed by atoms with E-state index in [2.05, 4.69) is 37.7 Å². The molecule has 3 rings (SSSR count). The van der Waals surface area contributed by atoms with E-state index in [1.807, 2.05) is 0 Å². The molecule has 0 bridgehead atoms. The fraction of sp³-hybridized carbons (Fsp3) is 0.455. The van der Waals surface area contributed by atoms with Gasteiger partial charge in [-0.15, -0.1) is 0 Å². The summed E-state index contributed by atoms with van der Waals surface area (Å²) in [5.74, 6) is 0.457. The van der Waals surface area contributed by atoms with Crippen molar-refractivity contribution < 1.29 is 8.42 Å². The van der Waals surface area contributed by atoms with Crippen molar-refractivity contribution >= 4 is 31.6 Å². The van der Waals surface area contributed by atoms with Gasteiger partial charge < -0.3 is 0 Å². The first-order chi connectivity index (χ1) is 9.01. The van der Waals surface area contributed by atoms with Crippen LogP contribution in [0.1, 0.15) is 19.8 Å². The van der Waals surface area contributed by atoms with Gasteiger partial charge in [-0.05, 0) is 28.3 Å². The number of nitrogens with zero attached hydrogens (tertiary/aromatic N) is 3. The molecule has 2 aromatic heterocycles. The molecule has 8 heteroatoms. The lowest BCUT2D eigenvalue weighted by atomic mass is 10.3. The van der Waals surface area contributed by atoms with Crippen LogP contribution in [0.2, 0.25) is 0 Å². The number of fused-ring (bicyclic) bond motifs is 1.